The van der Waals surface area contributed by atoms with Crippen molar-refractivity contribution in [1.29, 1.82) is 0 Å². The molecule has 2 nitrogen and oxygen atoms in total. The highest BCUT2D eigenvalue weighted by Crippen LogP contribution is 2.42. The molecular weight excluding hydrogens is 385 g/mol. The quantitative estimate of drug-likeness (QED) is 0.284. The normalized spacial score (nSPS) is 11.9. The Balaban J connectivity index is 1.91. The van der Waals surface area contributed by atoms with Crippen LogP contribution >= 0.6 is 35.0 Å². The fourth-order valence-electron chi connectivity index (χ4n) is 2.59. The van der Waals surface area contributed by atoms with E-state index in [2.05, 4.69) is 0 Å². The maximum atomic E-state index is 12.8. The number of nitrogens with two attached hydrogens (primary N) is 1. The van der Waals surface area contributed by atoms with E-state index in [1.54, 1.807) is 17.8 Å². The minimum Gasteiger partial charge on any atom is -0.398 e. The molecule has 3 aromatic carbocycles. The van der Waals surface area contributed by atoms with Crippen molar-refractivity contribution in [3.05, 3.63) is 94.0 Å². The fourth-order valence-corrected chi connectivity index (χ4v) is 4.08. The number of thioether (sulfide) groups is 1. The van der Waals surface area contributed by atoms with Crippen molar-refractivity contribution in [2.24, 2.45) is 0 Å². The van der Waals surface area contributed by atoms with Crippen LogP contribution in [0.1, 0.15) is 27.6 Å². The van der Waals surface area contributed by atoms with E-state index >= 15 is 0 Å². The van der Waals surface area contributed by atoms with Crippen molar-refractivity contribution in [3.8, 4) is 0 Å². The number of hydrogen-bond donors (Lipinski definition) is 1. The van der Waals surface area contributed by atoms with Gasteiger partial charge in [0.1, 0.15) is 0 Å². The summed E-state index contributed by atoms with van der Waals surface area (Å²) in [4.78, 5) is 13.7. The highest BCUT2D eigenvalue weighted by Gasteiger charge is 2.20. The van der Waals surface area contributed by atoms with Crippen LogP contribution in [-0.4, -0.2) is 5.78 Å². The summed E-state index contributed by atoms with van der Waals surface area (Å²) in [5.74, 6) is 0.0728. The molecule has 0 fully saturated rings. The second-order valence-corrected chi connectivity index (χ2v) is 7.87. The van der Waals surface area contributed by atoms with Gasteiger partial charge in [-0.3, -0.25) is 4.79 Å². The maximum absolute atomic E-state index is 12.8. The highest BCUT2D eigenvalue weighted by atomic mass is 35.5. The van der Waals surface area contributed by atoms with E-state index in [4.69, 9.17) is 28.9 Å². The number of nitrogen functional groups attached to an aromatic ring is 1. The average molecular weight is 402 g/mol. The molecule has 0 aromatic heterocycles. The summed E-state index contributed by atoms with van der Waals surface area (Å²) in [6.45, 7) is 0. The van der Waals surface area contributed by atoms with Gasteiger partial charge in [-0.2, -0.15) is 0 Å². The van der Waals surface area contributed by atoms with E-state index in [1.165, 1.54) is 0 Å². The van der Waals surface area contributed by atoms with Gasteiger partial charge in [0.05, 0.1) is 10.0 Å². The Morgan fingerprint density at radius 3 is 2.31 bits per heavy atom. The van der Waals surface area contributed by atoms with E-state index in [0.29, 0.717) is 27.7 Å². The molecule has 0 bridgehead atoms. The lowest BCUT2D eigenvalue weighted by Crippen LogP contribution is -2.06. The minimum atomic E-state index is -0.123. The van der Waals surface area contributed by atoms with Gasteiger partial charge in [0, 0.05) is 27.8 Å². The summed E-state index contributed by atoms with van der Waals surface area (Å²) in [7, 11) is 0. The number of hydrogen-bond acceptors (Lipinski definition) is 3. The molecular formula is C21H17Cl2NOS. The summed E-state index contributed by atoms with van der Waals surface area (Å²) in [6, 6.07) is 22.4. The van der Waals surface area contributed by atoms with Crippen molar-refractivity contribution >= 4 is 46.4 Å². The van der Waals surface area contributed by atoms with Crippen LogP contribution in [0.5, 0.6) is 0 Å². The fraction of sp³-hybridized carbons (Fsp3) is 0.0952. The Morgan fingerprint density at radius 1 is 0.923 bits per heavy atom. The summed E-state index contributed by atoms with van der Waals surface area (Å²) in [6.07, 6.45) is 0.334. The molecule has 0 spiro atoms. The zero-order valence-electron chi connectivity index (χ0n) is 13.9. The number of anilines is 1. The molecule has 0 saturated carbocycles. The van der Waals surface area contributed by atoms with Crippen LogP contribution in [0.3, 0.4) is 0 Å². The van der Waals surface area contributed by atoms with Crippen molar-refractivity contribution in [3.63, 3.8) is 0 Å². The van der Waals surface area contributed by atoms with Gasteiger partial charge in [0.25, 0.3) is 0 Å². The molecule has 1 atom stereocenters. The van der Waals surface area contributed by atoms with Gasteiger partial charge in [0.2, 0.25) is 0 Å². The topological polar surface area (TPSA) is 43.1 Å². The van der Waals surface area contributed by atoms with Crippen LogP contribution in [0.15, 0.2) is 77.7 Å². The Morgan fingerprint density at radius 2 is 1.62 bits per heavy atom. The lowest BCUT2D eigenvalue weighted by molar-refractivity contribution is 0.0982. The number of para-hydroxylation sites is 1. The van der Waals surface area contributed by atoms with Gasteiger partial charge in [-0.1, -0.05) is 71.7 Å². The zero-order chi connectivity index (χ0) is 18.5. The van der Waals surface area contributed by atoms with Gasteiger partial charge < -0.3 is 5.73 Å². The maximum Gasteiger partial charge on any atom is 0.164 e. The predicted octanol–water partition coefficient (Wildman–Crippen LogP) is 6.68. The average Bonchev–Trinajstić information content (AvgIpc) is 2.66. The van der Waals surface area contributed by atoms with Gasteiger partial charge in [-0.15, -0.1) is 11.8 Å². The summed E-state index contributed by atoms with van der Waals surface area (Å²) in [5.41, 5.74) is 8.41. The third-order valence-electron chi connectivity index (χ3n) is 3.97. The molecule has 0 aliphatic rings. The van der Waals surface area contributed by atoms with Crippen molar-refractivity contribution in [2.45, 2.75) is 16.6 Å². The van der Waals surface area contributed by atoms with E-state index in [1.807, 2.05) is 66.7 Å². The summed E-state index contributed by atoms with van der Waals surface area (Å²) in [5, 5.41) is 0.845. The molecule has 0 aliphatic carbocycles. The number of Topliss-reactive ketones (excluding diaryl/α,β-unsaturated/α-hetero) is 1. The first kappa shape index (κ1) is 18.8. The van der Waals surface area contributed by atoms with Crippen LogP contribution in [0, 0.1) is 0 Å². The zero-order valence-corrected chi connectivity index (χ0v) is 16.2. The molecule has 3 rings (SSSR count). The number of halogens is 2. The van der Waals surface area contributed by atoms with Crippen LogP contribution in [-0.2, 0) is 0 Å². The number of carbonyl (C=O) groups excluding carboxylic acids is 1. The number of carbonyl (C=O) groups is 1. The number of benzene rings is 3. The van der Waals surface area contributed by atoms with E-state index < -0.39 is 0 Å². The highest BCUT2D eigenvalue weighted by molar-refractivity contribution is 7.99. The summed E-state index contributed by atoms with van der Waals surface area (Å²) < 4.78 is 0. The van der Waals surface area contributed by atoms with Gasteiger partial charge in [0.15, 0.2) is 5.78 Å². The Hall–Kier alpha value is -1.94. The van der Waals surface area contributed by atoms with Crippen molar-refractivity contribution in [1.82, 2.24) is 0 Å². The van der Waals surface area contributed by atoms with Crippen LogP contribution in [0.25, 0.3) is 0 Å². The number of rotatable bonds is 6. The van der Waals surface area contributed by atoms with Crippen LogP contribution in [0.4, 0.5) is 5.69 Å². The standard InChI is InChI=1S/C21H17Cl2NOS/c22-16-11-10-15(12-17(16)23)21(26-20-9-5-4-8-18(20)24)13-19(25)14-6-2-1-3-7-14/h1-12,21H,13,24H2. The molecule has 3 aromatic rings. The van der Waals surface area contributed by atoms with E-state index in [9.17, 15) is 4.79 Å². The molecule has 132 valence electrons. The minimum absolute atomic E-state index is 0.0728. The predicted molar refractivity (Wildman–Crippen MR) is 111 cm³/mol. The van der Waals surface area contributed by atoms with Gasteiger partial charge >= 0.3 is 0 Å². The molecule has 0 radical (unpaired) electrons. The first-order valence-electron chi connectivity index (χ1n) is 8.09. The van der Waals surface area contributed by atoms with Crippen molar-refractivity contribution < 1.29 is 4.79 Å². The molecule has 26 heavy (non-hydrogen) atoms. The van der Waals surface area contributed by atoms with Gasteiger partial charge in [-0.25, -0.2) is 0 Å². The molecule has 0 amide bonds. The van der Waals surface area contributed by atoms with Gasteiger partial charge in [-0.05, 0) is 29.8 Å². The molecule has 2 N–H and O–H groups in total. The third-order valence-corrected chi connectivity index (χ3v) is 6.06. The van der Waals surface area contributed by atoms with Crippen LogP contribution in [0.2, 0.25) is 10.0 Å². The third kappa shape index (κ3) is 4.61. The smallest absolute Gasteiger partial charge is 0.164 e. The molecule has 5 heteroatoms. The number of ketones is 1. The molecule has 0 saturated heterocycles. The van der Waals surface area contributed by atoms with Crippen LogP contribution < -0.4 is 5.73 Å². The molecule has 0 heterocycles. The Labute approximate surface area is 167 Å². The SMILES string of the molecule is Nc1ccccc1SC(CC(=O)c1ccccc1)c1ccc(Cl)c(Cl)c1. The van der Waals surface area contributed by atoms with E-state index in [-0.39, 0.29) is 11.0 Å². The monoisotopic (exact) mass is 401 g/mol. The largest absolute Gasteiger partial charge is 0.398 e. The lowest BCUT2D eigenvalue weighted by atomic mass is 10.0. The first-order chi connectivity index (χ1) is 12.5. The second-order valence-electron chi connectivity index (χ2n) is 5.81. The lowest BCUT2D eigenvalue weighted by Gasteiger charge is -2.18. The molecule has 0 aliphatic heterocycles. The summed E-state index contributed by atoms with van der Waals surface area (Å²) >= 11 is 13.8. The van der Waals surface area contributed by atoms with E-state index in [0.717, 1.165) is 10.5 Å². The molecule has 1 unspecified atom stereocenters. The first-order valence-corrected chi connectivity index (χ1v) is 9.72. The Bertz CT molecular complexity index is 915. The Kier molecular flexibility index (Phi) is 6.25. The van der Waals surface area contributed by atoms with Crippen molar-refractivity contribution in [2.75, 3.05) is 5.73 Å². The second kappa shape index (κ2) is 8.63.